The predicted octanol–water partition coefficient (Wildman–Crippen LogP) is 4.66. The molecule has 30 heavy (non-hydrogen) atoms. The summed E-state index contributed by atoms with van der Waals surface area (Å²) in [4.78, 5) is 27.0. The van der Waals surface area contributed by atoms with Crippen LogP contribution in [0.15, 0.2) is 48.5 Å². The average Bonchev–Trinajstić information content (AvgIpc) is 3.23. The predicted molar refractivity (Wildman–Crippen MR) is 112 cm³/mol. The highest BCUT2D eigenvalue weighted by Gasteiger charge is 2.46. The van der Waals surface area contributed by atoms with Crippen molar-refractivity contribution in [1.82, 2.24) is 4.90 Å². The quantitative estimate of drug-likeness (QED) is 0.748. The van der Waals surface area contributed by atoms with E-state index in [1.165, 1.54) is 22.3 Å². The number of fused-ring (bicyclic) bond motifs is 5. The molecule has 2 aliphatic heterocycles. The van der Waals surface area contributed by atoms with Crippen molar-refractivity contribution in [1.29, 1.82) is 5.26 Å². The van der Waals surface area contributed by atoms with Crippen LogP contribution < -0.4 is 0 Å². The fourth-order valence-corrected chi connectivity index (χ4v) is 5.63. The molecule has 0 spiro atoms. The van der Waals surface area contributed by atoms with Gasteiger partial charge in [0.25, 0.3) is 0 Å². The van der Waals surface area contributed by atoms with E-state index < -0.39 is 0 Å². The highest BCUT2D eigenvalue weighted by atomic mass is 16.6. The van der Waals surface area contributed by atoms with Gasteiger partial charge in [-0.3, -0.25) is 4.79 Å². The van der Waals surface area contributed by atoms with Crippen molar-refractivity contribution in [3.8, 4) is 17.2 Å². The summed E-state index contributed by atoms with van der Waals surface area (Å²) in [6.07, 6.45) is 2.82. The molecule has 1 aliphatic carbocycles. The number of carbonyl (C=O) groups excluding carboxylic acids is 2. The number of rotatable bonds is 4. The second-order valence-electron chi connectivity index (χ2n) is 8.57. The monoisotopic (exact) mass is 400 g/mol. The molecule has 5 heteroatoms. The molecule has 1 amide bonds. The fraction of sp³-hybridized carbons (Fsp3) is 0.400. The maximum Gasteiger partial charge on any atom is 0.410 e. The van der Waals surface area contributed by atoms with Crippen molar-refractivity contribution in [2.45, 2.75) is 50.1 Å². The van der Waals surface area contributed by atoms with Gasteiger partial charge in [-0.2, -0.15) is 5.26 Å². The van der Waals surface area contributed by atoms with Gasteiger partial charge in [0, 0.05) is 23.9 Å². The first kappa shape index (κ1) is 18.9. The summed E-state index contributed by atoms with van der Waals surface area (Å²) in [7, 11) is 0. The number of carbonyl (C=O) groups is 2. The fourth-order valence-electron chi connectivity index (χ4n) is 5.63. The van der Waals surface area contributed by atoms with E-state index in [1.54, 1.807) is 0 Å². The molecule has 0 N–H and O–H groups in total. The summed E-state index contributed by atoms with van der Waals surface area (Å²) in [5, 5.41) is 8.81. The Hall–Kier alpha value is -3.13. The van der Waals surface area contributed by atoms with Gasteiger partial charge in [0.15, 0.2) is 0 Å². The number of amides is 1. The van der Waals surface area contributed by atoms with E-state index in [2.05, 4.69) is 24.3 Å². The number of Topliss-reactive ketones (excluding diaryl/α,β-unsaturated/α-hetero) is 1. The van der Waals surface area contributed by atoms with E-state index in [1.807, 2.05) is 35.2 Å². The van der Waals surface area contributed by atoms with Crippen LogP contribution in [0, 0.1) is 17.2 Å². The SMILES string of the molecule is N#CCC(=O)C1CC2CCC(C1)N2C(=O)OCC1c2ccccc2-c2ccccc21. The minimum absolute atomic E-state index is 0.0154. The number of piperidine rings is 1. The Balaban J connectivity index is 1.29. The molecule has 2 unspecified atom stereocenters. The molecule has 2 saturated heterocycles. The molecule has 2 bridgehead atoms. The first-order chi connectivity index (χ1) is 14.7. The summed E-state index contributed by atoms with van der Waals surface area (Å²) >= 11 is 0. The largest absolute Gasteiger partial charge is 0.448 e. The second kappa shape index (κ2) is 7.60. The number of hydrogen-bond donors (Lipinski definition) is 0. The van der Waals surface area contributed by atoms with Gasteiger partial charge < -0.3 is 9.64 Å². The van der Waals surface area contributed by atoms with Crippen molar-refractivity contribution in [2.24, 2.45) is 5.92 Å². The Morgan fingerprint density at radius 3 is 2.10 bits per heavy atom. The zero-order valence-electron chi connectivity index (χ0n) is 16.8. The minimum atomic E-state index is -0.268. The number of nitrogens with zero attached hydrogens (tertiary/aromatic N) is 2. The molecule has 0 aromatic heterocycles. The van der Waals surface area contributed by atoms with E-state index in [-0.39, 0.29) is 42.2 Å². The normalized spacial score (nSPS) is 24.1. The van der Waals surface area contributed by atoms with Crippen LogP contribution >= 0.6 is 0 Å². The van der Waals surface area contributed by atoms with Gasteiger partial charge in [0.1, 0.15) is 12.4 Å². The number of ketones is 1. The lowest BCUT2D eigenvalue weighted by molar-refractivity contribution is -0.124. The molecule has 0 radical (unpaired) electrons. The molecular weight excluding hydrogens is 376 g/mol. The van der Waals surface area contributed by atoms with Crippen LogP contribution in [-0.4, -0.2) is 35.5 Å². The van der Waals surface area contributed by atoms with Crippen LogP contribution in [-0.2, 0) is 9.53 Å². The molecule has 152 valence electrons. The van der Waals surface area contributed by atoms with E-state index in [4.69, 9.17) is 10.00 Å². The van der Waals surface area contributed by atoms with E-state index in [9.17, 15) is 9.59 Å². The Morgan fingerprint density at radius 2 is 1.53 bits per heavy atom. The molecule has 2 aromatic rings. The van der Waals surface area contributed by atoms with Crippen LogP contribution in [0.2, 0.25) is 0 Å². The van der Waals surface area contributed by atoms with Gasteiger partial charge in [-0.1, -0.05) is 48.5 Å². The maximum absolute atomic E-state index is 13.0. The maximum atomic E-state index is 13.0. The molecule has 2 fully saturated rings. The van der Waals surface area contributed by atoms with Crippen molar-refractivity contribution < 1.29 is 14.3 Å². The first-order valence-corrected chi connectivity index (χ1v) is 10.7. The zero-order chi connectivity index (χ0) is 20.7. The third-order valence-corrected chi connectivity index (χ3v) is 6.99. The molecule has 2 heterocycles. The van der Waals surface area contributed by atoms with Gasteiger partial charge in [-0.15, -0.1) is 0 Å². The first-order valence-electron chi connectivity index (χ1n) is 10.7. The molecule has 5 nitrogen and oxygen atoms in total. The Morgan fingerprint density at radius 1 is 0.967 bits per heavy atom. The lowest BCUT2D eigenvalue weighted by atomic mass is 9.86. The molecular formula is C25H24N2O3. The van der Waals surface area contributed by atoms with Crippen molar-refractivity contribution in [2.75, 3.05) is 6.61 Å². The molecule has 5 rings (SSSR count). The van der Waals surface area contributed by atoms with Crippen molar-refractivity contribution in [3.63, 3.8) is 0 Å². The summed E-state index contributed by atoms with van der Waals surface area (Å²) in [6, 6.07) is 18.7. The third kappa shape index (κ3) is 3.08. The van der Waals surface area contributed by atoms with Gasteiger partial charge >= 0.3 is 6.09 Å². The standard InChI is InChI=1S/C25H24N2O3/c26-12-11-24(28)16-13-17-9-10-18(14-16)27(17)25(29)30-15-23-21-7-3-1-5-19(21)20-6-2-4-8-22(20)23/h1-8,16-18,23H,9-11,13-15H2. The lowest BCUT2D eigenvalue weighted by Gasteiger charge is -2.37. The van der Waals surface area contributed by atoms with E-state index in [0.29, 0.717) is 19.4 Å². The van der Waals surface area contributed by atoms with E-state index in [0.717, 1.165) is 12.8 Å². The number of benzene rings is 2. The molecule has 2 aromatic carbocycles. The summed E-state index contributed by atoms with van der Waals surface area (Å²) in [6.45, 7) is 0.319. The van der Waals surface area contributed by atoms with Gasteiger partial charge in [0.05, 0.1) is 12.5 Å². The Bertz CT molecular complexity index is 981. The minimum Gasteiger partial charge on any atom is -0.448 e. The average molecular weight is 400 g/mol. The topological polar surface area (TPSA) is 70.4 Å². The smallest absolute Gasteiger partial charge is 0.410 e. The van der Waals surface area contributed by atoms with Crippen LogP contribution in [0.1, 0.15) is 49.1 Å². The van der Waals surface area contributed by atoms with Crippen molar-refractivity contribution >= 4 is 11.9 Å². The Labute approximate surface area is 176 Å². The van der Waals surface area contributed by atoms with Crippen LogP contribution in [0.4, 0.5) is 4.79 Å². The van der Waals surface area contributed by atoms with Gasteiger partial charge in [0.2, 0.25) is 0 Å². The van der Waals surface area contributed by atoms with Crippen LogP contribution in [0.5, 0.6) is 0 Å². The highest BCUT2D eigenvalue weighted by Crippen LogP contribution is 2.45. The van der Waals surface area contributed by atoms with Crippen LogP contribution in [0.3, 0.4) is 0 Å². The molecule has 2 atom stereocenters. The summed E-state index contributed by atoms with van der Waals surface area (Å²) in [5.41, 5.74) is 4.84. The van der Waals surface area contributed by atoms with Gasteiger partial charge in [-0.05, 0) is 47.9 Å². The third-order valence-electron chi connectivity index (χ3n) is 6.99. The summed E-state index contributed by atoms with van der Waals surface area (Å²) in [5.74, 6) is -0.0323. The second-order valence-corrected chi connectivity index (χ2v) is 8.57. The summed E-state index contributed by atoms with van der Waals surface area (Å²) < 4.78 is 5.85. The van der Waals surface area contributed by atoms with Gasteiger partial charge in [-0.25, -0.2) is 4.79 Å². The lowest BCUT2D eigenvalue weighted by Crippen LogP contribution is -2.48. The number of nitriles is 1. The number of ether oxygens (including phenoxy) is 1. The zero-order valence-corrected chi connectivity index (χ0v) is 16.8. The molecule has 3 aliphatic rings. The Kier molecular flexibility index (Phi) is 4.78. The van der Waals surface area contributed by atoms with E-state index >= 15 is 0 Å². The van der Waals surface area contributed by atoms with Crippen molar-refractivity contribution in [3.05, 3.63) is 59.7 Å². The number of hydrogen-bond acceptors (Lipinski definition) is 4. The molecule has 0 saturated carbocycles. The highest BCUT2D eigenvalue weighted by molar-refractivity contribution is 5.83. The van der Waals surface area contributed by atoms with Crippen LogP contribution in [0.25, 0.3) is 11.1 Å².